The minimum absolute atomic E-state index is 0.103. The lowest BCUT2D eigenvalue weighted by Crippen LogP contribution is -2.48. The highest BCUT2D eigenvalue weighted by molar-refractivity contribution is 9.10. The van der Waals surface area contributed by atoms with E-state index < -0.39 is 21.7 Å². The Morgan fingerprint density at radius 1 is 1.14 bits per heavy atom. The molecule has 1 N–H and O–H groups in total. The summed E-state index contributed by atoms with van der Waals surface area (Å²) in [6.45, 7) is 5.17. The smallest absolute Gasteiger partial charge is 0.258 e. The first kappa shape index (κ1) is 20.9. The van der Waals surface area contributed by atoms with Crippen molar-refractivity contribution in [1.82, 2.24) is 9.21 Å². The fraction of sp³-hybridized carbons (Fsp3) is 0.316. The zero-order valence-corrected chi connectivity index (χ0v) is 17.8. The van der Waals surface area contributed by atoms with Gasteiger partial charge in [-0.15, -0.1) is 0 Å². The van der Waals surface area contributed by atoms with Crippen molar-refractivity contribution < 1.29 is 17.6 Å². The lowest BCUT2D eigenvalue weighted by atomic mass is 10.2. The van der Waals surface area contributed by atoms with Crippen molar-refractivity contribution in [3.05, 3.63) is 58.3 Å². The second-order valence-electron chi connectivity index (χ2n) is 6.44. The van der Waals surface area contributed by atoms with E-state index in [4.69, 9.17) is 0 Å². The molecule has 1 amide bonds. The van der Waals surface area contributed by atoms with E-state index in [1.807, 2.05) is 6.92 Å². The van der Waals surface area contributed by atoms with Crippen LogP contribution in [-0.2, 0) is 10.0 Å². The van der Waals surface area contributed by atoms with Gasteiger partial charge >= 0.3 is 0 Å². The lowest BCUT2D eigenvalue weighted by Gasteiger charge is -2.33. The number of anilines is 1. The molecular formula is C19H21BrFN3O3S. The van der Waals surface area contributed by atoms with Gasteiger partial charge in [0.25, 0.3) is 5.91 Å². The maximum atomic E-state index is 14.0. The van der Waals surface area contributed by atoms with Gasteiger partial charge in [-0.25, -0.2) is 12.8 Å². The van der Waals surface area contributed by atoms with Crippen LogP contribution in [-0.4, -0.2) is 56.3 Å². The largest absolute Gasteiger partial charge is 0.322 e. The average Bonchev–Trinajstić information content (AvgIpc) is 2.68. The first-order valence-corrected chi connectivity index (χ1v) is 11.1. The fourth-order valence-electron chi connectivity index (χ4n) is 3.04. The second-order valence-corrected chi connectivity index (χ2v) is 9.30. The van der Waals surface area contributed by atoms with Crippen LogP contribution in [0.2, 0.25) is 0 Å². The first-order chi connectivity index (χ1) is 13.3. The zero-order chi connectivity index (χ0) is 20.3. The summed E-state index contributed by atoms with van der Waals surface area (Å²) in [6.07, 6.45) is 0. The highest BCUT2D eigenvalue weighted by Crippen LogP contribution is 2.22. The molecule has 0 aromatic heterocycles. The standard InChI is InChI=1S/C19H21BrFN3O3S/c1-2-23-8-10-24(11-9-23)28(26,27)16-5-3-4-15(13-16)22-19(25)17-7-6-14(20)12-18(17)21/h3-7,12-13H,2,8-11H2,1H3,(H,22,25). The molecule has 0 saturated carbocycles. The quantitative estimate of drug-likeness (QED) is 0.729. The molecule has 1 heterocycles. The van der Waals surface area contributed by atoms with Crippen LogP contribution < -0.4 is 5.32 Å². The maximum Gasteiger partial charge on any atom is 0.258 e. The highest BCUT2D eigenvalue weighted by atomic mass is 79.9. The SMILES string of the molecule is CCN1CCN(S(=O)(=O)c2cccc(NC(=O)c3ccc(Br)cc3F)c2)CC1. The van der Waals surface area contributed by atoms with Gasteiger partial charge in [0.15, 0.2) is 0 Å². The van der Waals surface area contributed by atoms with Crippen LogP contribution in [0.15, 0.2) is 51.8 Å². The van der Waals surface area contributed by atoms with E-state index in [0.717, 1.165) is 6.54 Å². The molecule has 1 saturated heterocycles. The second kappa shape index (κ2) is 8.69. The molecule has 9 heteroatoms. The van der Waals surface area contributed by atoms with E-state index in [-0.39, 0.29) is 10.5 Å². The van der Waals surface area contributed by atoms with Crippen LogP contribution >= 0.6 is 15.9 Å². The van der Waals surface area contributed by atoms with E-state index in [1.165, 1.54) is 28.6 Å². The minimum Gasteiger partial charge on any atom is -0.322 e. The Balaban J connectivity index is 1.77. The van der Waals surface area contributed by atoms with Gasteiger partial charge in [-0.3, -0.25) is 4.79 Å². The number of nitrogens with one attached hydrogen (secondary N) is 1. The molecule has 1 aliphatic rings. The van der Waals surface area contributed by atoms with Gasteiger partial charge in [0.05, 0.1) is 10.5 Å². The van der Waals surface area contributed by atoms with Gasteiger partial charge in [0, 0.05) is 36.3 Å². The number of carbonyl (C=O) groups is 1. The molecule has 0 atom stereocenters. The topological polar surface area (TPSA) is 69.7 Å². The number of rotatable bonds is 5. The Kier molecular flexibility index (Phi) is 6.49. The van der Waals surface area contributed by atoms with Crippen LogP contribution in [0.1, 0.15) is 17.3 Å². The number of halogens is 2. The lowest BCUT2D eigenvalue weighted by molar-refractivity contribution is 0.102. The summed E-state index contributed by atoms with van der Waals surface area (Å²) in [5, 5.41) is 2.56. The number of hydrogen-bond acceptors (Lipinski definition) is 4. The summed E-state index contributed by atoms with van der Waals surface area (Å²) in [4.78, 5) is 14.6. The summed E-state index contributed by atoms with van der Waals surface area (Å²) in [5.41, 5.74) is 0.174. The Hall–Kier alpha value is -1.81. The Bertz CT molecular complexity index is 976. The van der Waals surface area contributed by atoms with Crippen molar-refractivity contribution in [1.29, 1.82) is 0 Å². The van der Waals surface area contributed by atoms with Crippen molar-refractivity contribution in [3.63, 3.8) is 0 Å². The third kappa shape index (κ3) is 4.60. The number of benzene rings is 2. The molecule has 150 valence electrons. The van der Waals surface area contributed by atoms with Gasteiger partial charge in [0.1, 0.15) is 5.82 Å². The number of amides is 1. The molecule has 0 spiro atoms. The highest BCUT2D eigenvalue weighted by Gasteiger charge is 2.28. The summed E-state index contributed by atoms with van der Waals surface area (Å²) in [6, 6.07) is 10.2. The van der Waals surface area contributed by atoms with Crippen molar-refractivity contribution >= 4 is 37.5 Å². The average molecular weight is 470 g/mol. The molecule has 1 aliphatic heterocycles. The fourth-order valence-corrected chi connectivity index (χ4v) is 4.84. The first-order valence-electron chi connectivity index (χ1n) is 8.90. The normalized spacial score (nSPS) is 16.1. The van der Waals surface area contributed by atoms with Crippen molar-refractivity contribution in [3.8, 4) is 0 Å². The van der Waals surface area contributed by atoms with E-state index in [9.17, 15) is 17.6 Å². The van der Waals surface area contributed by atoms with Crippen LogP contribution in [0.5, 0.6) is 0 Å². The molecule has 6 nitrogen and oxygen atoms in total. The van der Waals surface area contributed by atoms with Gasteiger partial charge in [0.2, 0.25) is 10.0 Å². The number of sulfonamides is 1. The van der Waals surface area contributed by atoms with E-state index in [1.54, 1.807) is 18.2 Å². The van der Waals surface area contributed by atoms with Crippen molar-refractivity contribution in [2.75, 3.05) is 38.0 Å². The molecule has 0 radical (unpaired) electrons. The molecule has 1 fully saturated rings. The van der Waals surface area contributed by atoms with Crippen LogP contribution in [0.25, 0.3) is 0 Å². The summed E-state index contributed by atoms with van der Waals surface area (Å²) < 4.78 is 41.8. The molecule has 28 heavy (non-hydrogen) atoms. The van der Waals surface area contributed by atoms with Crippen LogP contribution in [0.4, 0.5) is 10.1 Å². The Labute approximate surface area is 172 Å². The predicted octanol–water partition coefficient (Wildman–Crippen LogP) is 3.17. The van der Waals surface area contributed by atoms with Crippen molar-refractivity contribution in [2.45, 2.75) is 11.8 Å². The van der Waals surface area contributed by atoms with E-state index >= 15 is 0 Å². The summed E-state index contributed by atoms with van der Waals surface area (Å²) >= 11 is 3.14. The molecule has 0 aliphatic carbocycles. The molecular weight excluding hydrogens is 449 g/mol. The third-order valence-corrected chi connectivity index (χ3v) is 7.07. The molecule has 3 rings (SSSR count). The summed E-state index contributed by atoms with van der Waals surface area (Å²) in [5.74, 6) is -1.31. The molecule has 0 bridgehead atoms. The third-order valence-electron chi connectivity index (χ3n) is 4.68. The van der Waals surface area contributed by atoms with Gasteiger partial charge in [-0.1, -0.05) is 28.9 Å². The van der Waals surface area contributed by atoms with Gasteiger partial charge < -0.3 is 10.2 Å². The predicted molar refractivity (Wildman–Crippen MR) is 109 cm³/mol. The zero-order valence-electron chi connectivity index (χ0n) is 15.4. The Morgan fingerprint density at radius 2 is 1.86 bits per heavy atom. The number of nitrogens with zero attached hydrogens (tertiary/aromatic N) is 2. The molecule has 2 aromatic carbocycles. The van der Waals surface area contributed by atoms with Gasteiger partial charge in [-0.2, -0.15) is 4.31 Å². The van der Waals surface area contributed by atoms with E-state index in [2.05, 4.69) is 26.1 Å². The monoisotopic (exact) mass is 469 g/mol. The molecule has 2 aromatic rings. The number of likely N-dealkylation sites (N-methyl/N-ethyl adjacent to an activating group) is 1. The van der Waals surface area contributed by atoms with Crippen LogP contribution in [0.3, 0.4) is 0 Å². The minimum atomic E-state index is -3.66. The van der Waals surface area contributed by atoms with Gasteiger partial charge in [-0.05, 0) is 42.9 Å². The number of piperazine rings is 1. The Morgan fingerprint density at radius 3 is 2.50 bits per heavy atom. The summed E-state index contributed by atoms with van der Waals surface area (Å²) in [7, 11) is -3.66. The van der Waals surface area contributed by atoms with Crippen molar-refractivity contribution in [2.24, 2.45) is 0 Å². The maximum absolute atomic E-state index is 14.0. The van der Waals surface area contributed by atoms with E-state index in [0.29, 0.717) is 36.3 Å². The number of hydrogen-bond donors (Lipinski definition) is 1. The molecule has 0 unspecified atom stereocenters. The number of carbonyl (C=O) groups excluding carboxylic acids is 1. The van der Waals surface area contributed by atoms with Crippen LogP contribution in [0, 0.1) is 5.82 Å².